The number of ether oxygens (including phenoxy) is 3. The van der Waals surface area contributed by atoms with Gasteiger partial charge in [-0.05, 0) is 71.1 Å². The molecule has 4 aromatic rings. The number of rotatable bonds is 6. The third kappa shape index (κ3) is 4.33. The molecule has 0 spiro atoms. The molecule has 32 heavy (non-hydrogen) atoms. The maximum atomic E-state index is 12.9. The van der Waals surface area contributed by atoms with Gasteiger partial charge in [0.1, 0.15) is 5.52 Å². The first-order valence-electron chi connectivity index (χ1n) is 9.41. The minimum absolute atomic E-state index is 0.340. The fraction of sp³-hybridized carbons (Fsp3) is 0.130. The highest BCUT2D eigenvalue weighted by molar-refractivity contribution is 14.1. The third-order valence-corrected chi connectivity index (χ3v) is 5.73. The fourth-order valence-corrected chi connectivity index (χ4v) is 3.89. The molecule has 1 aromatic heterocycles. The molecule has 0 atom stereocenters. The van der Waals surface area contributed by atoms with Gasteiger partial charge in [-0.15, -0.1) is 0 Å². The van der Waals surface area contributed by atoms with Crippen molar-refractivity contribution in [2.45, 2.75) is 0 Å². The topological polar surface area (TPSA) is 82.8 Å². The van der Waals surface area contributed by atoms with E-state index in [1.807, 2.05) is 12.1 Å². The summed E-state index contributed by atoms with van der Waals surface area (Å²) >= 11 is 8.51. The summed E-state index contributed by atoms with van der Waals surface area (Å²) in [6, 6.07) is 14.0. The average Bonchev–Trinajstić information content (AvgIpc) is 3.22. The first kappa shape index (κ1) is 22.2. The molecule has 0 saturated heterocycles. The Bertz CT molecular complexity index is 1300. The molecular formula is C23H18ClIN2O5. The second-order valence-corrected chi connectivity index (χ2v) is 8.35. The number of benzene rings is 3. The van der Waals surface area contributed by atoms with Crippen LogP contribution in [0.15, 0.2) is 52.9 Å². The molecule has 0 unspecified atom stereocenters. The zero-order valence-corrected chi connectivity index (χ0v) is 20.3. The quantitative estimate of drug-likeness (QED) is 0.288. The molecule has 4 rings (SSSR count). The van der Waals surface area contributed by atoms with Crippen LogP contribution in [0, 0.1) is 3.57 Å². The van der Waals surface area contributed by atoms with Gasteiger partial charge >= 0.3 is 0 Å². The van der Waals surface area contributed by atoms with E-state index in [1.165, 1.54) is 21.3 Å². The summed E-state index contributed by atoms with van der Waals surface area (Å²) in [6.07, 6.45) is 0. The van der Waals surface area contributed by atoms with Crippen LogP contribution in [0.4, 0.5) is 5.69 Å². The van der Waals surface area contributed by atoms with E-state index in [2.05, 4.69) is 32.9 Å². The molecule has 3 aromatic carbocycles. The van der Waals surface area contributed by atoms with Crippen molar-refractivity contribution < 1.29 is 23.4 Å². The normalized spacial score (nSPS) is 10.8. The molecule has 1 heterocycles. The average molecular weight is 565 g/mol. The lowest BCUT2D eigenvalue weighted by atomic mass is 10.1. The van der Waals surface area contributed by atoms with Crippen molar-refractivity contribution in [1.29, 1.82) is 0 Å². The summed E-state index contributed by atoms with van der Waals surface area (Å²) in [5.41, 5.74) is 2.80. The smallest absolute Gasteiger partial charge is 0.255 e. The number of nitrogens with one attached hydrogen (secondary N) is 1. The Morgan fingerprint density at radius 2 is 1.72 bits per heavy atom. The Morgan fingerprint density at radius 3 is 2.38 bits per heavy atom. The van der Waals surface area contributed by atoms with Crippen molar-refractivity contribution in [3.8, 4) is 28.7 Å². The minimum Gasteiger partial charge on any atom is -0.493 e. The number of carbonyl (C=O) groups excluding carboxylic acids is 1. The molecule has 0 aliphatic carbocycles. The lowest BCUT2D eigenvalue weighted by Gasteiger charge is -2.14. The molecule has 0 aliphatic rings. The molecule has 0 radical (unpaired) electrons. The second-order valence-electron chi connectivity index (χ2n) is 6.69. The SMILES string of the molecule is COc1cc(C(=O)Nc2ccc3oc(-c4cc(I)ccc4Cl)nc3c2)cc(OC)c1OC. The second kappa shape index (κ2) is 9.25. The molecule has 0 saturated carbocycles. The number of methoxy groups -OCH3 is 3. The number of fused-ring (bicyclic) bond motifs is 1. The Kier molecular flexibility index (Phi) is 6.43. The molecule has 7 nitrogen and oxygen atoms in total. The minimum atomic E-state index is -0.340. The Balaban J connectivity index is 1.64. The van der Waals surface area contributed by atoms with E-state index >= 15 is 0 Å². The van der Waals surface area contributed by atoms with E-state index in [0.717, 1.165) is 3.57 Å². The van der Waals surface area contributed by atoms with Crippen molar-refractivity contribution in [3.05, 3.63) is 62.7 Å². The van der Waals surface area contributed by atoms with Crippen LogP contribution in [0.5, 0.6) is 17.2 Å². The number of oxazole rings is 1. The predicted octanol–water partition coefficient (Wildman–Crippen LogP) is 6.03. The van der Waals surface area contributed by atoms with E-state index in [9.17, 15) is 4.79 Å². The van der Waals surface area contributed by atoms with Crippen molar-refractivity contribution >= 4 is 56.9 Å². The predicted molar refractivity (Wildman–Crippen MR) is 131 cm³/mol. The molecule has 1 amide bonds. The first-order valence-corrected chi connectivity index (χ1v) is 10.9. The molecule has 164 valence electrons. The van der Waals surface area contributed by atoms with Gasteiger partial charge in [0.05, 0.1) is 31.9 Å². The van der Waals surface area contributed by atoms with Crippen LogP contribution in [0.2, 0.25) is 5.02 Å². The van der Waals surface area contributed by atoms with Gasteiger partial charge < -0.3 is 23.9 Å². The monoisotopic (exact) mass is 564 g/mol. The Hall–Kier alpha value is -2.98. The largest absolute Gasteiger partial charge is 0.493 e. The van der Waals surface area contributed by atoms with Gasteiger partial charge in [0, 0.05) is 14.8 Å². The van der Waals surface area contributed by atoms with Gasteiger partial charge in [-0.2, -0.15) is 0 Å². The number of halogens is 2. The van der Waals surface area contributed by atoms with Crippen molar-refractivity contribution in [2.75, 3.05) is 26.6 Å². The van der Waals surface area contributed by atoms with Crippen LogP contribution in [-0.2, 0) is 0 Å². The van der Waals surface area contributed by atoms with Gasteiger partial charge in [0.2, 0.25) is 11.6 Å². The Labute approximate surface area is 202 Å². The Morgan fingerprint density at radius 1 is 1.00 bits per heavy atom. The summed E-state index contributed by atoms with van der Waals surface area (Å²) < 4.78 is 22.8. The molecule has 0 aliphatic heterocycles. The zero-order chi connectivity index (χ0) is 22.8. The number of nitrogens with zero attached hydrogens (tertiary/aromatic N) is 1. The van der Waals surface area contributed by atoms with Crippen LogP contribution in [0.3, 0.4) is 0 Å². The lowest BCUT2D eigenvalue weighted by Crippen LogP contribution is -2.12. The highest BCUT2D eigenvalue weighted by Crippen LogP contribution is 2.38. The summed E-state index contributed by atoms with van der Waals surface area (Å²) in [7, 11) is 4.50. The molecular weight excluding hydrogens is 547 g/mol. The van der Waals surface area contributed by atoms with Crippen molar-refractivity contribution in [1.82, 2.24) is 4.98 Å². The molecule has 0 bridgehead atoms. The molecule has 1 N–H and O–H groups in total. The standard InChI is InChI=1S/C23H18ClIN2O5/c1-29-19-8-12(9-20(30-2)21(19)31-3)22(28)26-14-5-7-18-17(11-14)27-23(32-18)15-10-13(25)4-6-16(15)24/h4-11H,1-3H3,(H,26,28). The highest BCUT2D eigenvalue weighted by Gasteiger charge is 2.18. The number of hydrogen-bond acceptors (Lipinski definition) is 6. The van der Waals surface area contributed by atoms with Gasteiger partial charge in [0.15, 0.2) is 17.1 Å². The summed E-state index contributed by atoms with van der Waals surface area (Å²) in [5, 5.41) is 3.41. The molecule has 0 fully saturated rings. The number of aromatic nitrogens is 1. The van der Waals surface area contributed by atoms with E-state index in [4.69, 9.17) is 30.2 Å². The third-order valence-electron chi connectivity index (χ3n) is 4.73. The van der Waals surface area contributed by atoms with Crippen LogP contribution < -0.4 is 19.5 Å². The van der Waals surface area contributed by atoms with E-state index in [0.29, 0.717) is 56.1 Å². The maximum Gasteiger partial charge on any atom is 0.255 e. The summed E-state index contributed by atoms with van der Waals surface area (Å²) in [6.45, 7) is 0. The fourth-order valence-electron chi connectivity index (χ4n) is 3.20. The van der Waals surface area contributed by atoms with E-state index < -0.39 is 0 Å². The van der Waals surface area contributed by atoms with Gasteiger partial charge in [0.25, 0.3) is 5.91 Å². The number of carbonyl (C=O) groups is 1. The van der Waals surface area contributed by atoms with Crippen molar-refractivity contribution in [2.24, 2.45) is 0 Å². The zero-order valence-electron chi connectivity index (χ0n) is 17.4. The van der Waals surface area contributed by atoms with Gasteiger partial charge in [-0.3, -0.25) is 4.79 Å². The first-order chi connectivity index (χ1) is 15.4. The van der Waals surface area contributed by atoms with E-state index in [1.54, 1.807) is 36.4 Å². The maximum absolute atomic E-state index is 12.9. The van der Waals surface area contributed by atoms with Crippen molar-refractivity contribution in [3.63, 3.8) is 0 Å². The summed E-state index contributed by atoms with van der Waals surface area (Å²) in [5.74, 6) is 1.27. The van der Waals surface area contributed by atoms with Gasteiger partial charge in [-0.25, -0.2) is 4.98 Å². The summed E-state index contributed by atoms with van der Waals surface area (Å²) in [4.78, 5) is 17.4. The van der Waals surface area contributed by atoms with Crippen LogP contribution in [0.1, 0.15) is 10.4 Å². The lowest BCUT2D eigenvalue weighted by molar-refractivity contribution is 0.102. The highest BCUT2D eigenvalue weighted by atomic mass is 127. The number of hydrogen-bond donors (Lipinski definition) is 1. The van der Waals surface area contributed by atoms with E-state index in [-0.39, 0.29) is 5.91 Å². The molecule has 9 heteroatoms. The van der Waals surface area contributed by atoms with Gasteiger partial charge in [-0.1, -0.05) is 11.6 Å². The van der Waals surface area contributed by atoms with Crippen LogP contribution in [0.25, 0.3) is 22.6 Å². The van der Waals surface area contributed by atoms with Crippen LogP contribution >= 0.6 is 34.2 Å². The number of anilines is 1. The van der Waals surface area contributed by atoms with Crippen LogP contribution in [-0.4, -0.2) is 32.2 Å². The number of amides is 1.